The summed E-state index contributed by atoms with van der Waals surface area (Å²) in [5.74, 6) is -10.8. The molecule has 43 heavy (non-hydrogen) atoms. The molecule has 0 radical (unpaired) electrons. The summed E-state index contributed by atoms with van der Waals surface area (Å²) in [5.41, 5.74) is 0. The first-order valence-corrected chi connectivity index (χ1v) is 9.08. The predicted octanol–water partition coefficient (Wildman–Crippen LogP) is -12.8. The van der Waals surface area contributed by atoms with E-state index in [0.29, 0.717) is 0 Å². The first-order chi connectivity index (χ1) is 17.3. The second-order valence-corrected chi connectivity index (χ2v) is 4.92. The zero-order valence-electron chi connectivity index (χ0n) is 24.9. The van der Waals surface area contributed by atoms with E-state index < -0.39 is 59.7 Å². The Labute approximate surface area is 301 Å². The van der Waals surface area contributed by atoms with Crippen molar-refractivity contribution < 1.29 is 151 Å². The molecule has 0 fully saturated rings. The molecular formula is C20H30MgO20Zr2. The molecule has 0 rings (SSSR count). The van der Waals surface area contributed by atoms with E-state index in [2.05, 4.69) is 0 Å². The molecule has 0 aliphatic heterocycles. The molecule has 0 saturated carbocycles. The van der Waals surface area contributed by atoms with Crippen LogP contribution in [0.5, 0.6) is 0 Å². The number of carbonyl (C=O) groups excluding carboxylic acids is 10. The molecule has 0 N–H and O–H groups in total. The van der Waals surface area contributed by atoms with E-state index in [4.69, 9.17) is 99.0 Å². The molecule has 240 valence electrons. The van der Waals surface area contributed by atoms with Crippen molar-refractivity contribution in [3.63, 3.8) is 0 Å². The zero-order valence-corrected chi connectivity index (χ0v) is 31.2. The predicted molar refractivity (Wildman–Crippen MR) is 113 cm³/mol. The minimum absolute atomic E-state index is 0. The molecule has 0 aliphatic rings. The van der Waals surface area contributed by atoms with Crippen molar-refractivity contribution in [2.24, 2.45) is 0 Å². The quantitative estimate of drug-likeness (QED) is 0.205. The zero-order chi connectivity index (χ0) is 35.8. The number of carboxylic acids is 10. The molecule has 0 amide bonds. The summed E-state index contributed by atoms with van der Waals surface area (Å²) in [6.45, 7) is 9.72. The van der Waals surface area contributed by atoms with Gasteiger partial charge in [0.1, 0.15) is 0 Å². The molecule has 0 spiro atoms. The van der Waals surface area contributed by atoms with Crippen LogP contribution >= 0.6 is 0 Å². The maximum Gasteiger partial charge on any atom is 4.00 e. The fraction of sp³-hybridized carbons (Fsp3) is 0.500. The number of aliphatic carboxylic acids is 10. The van der Waals surface area contributed by atoms with Crippen molar-refractivity contribution in [1.29, 1.82) is 0 Å². The van der Waals surface area contributed by atoms with E-state index >= 15 is 0 Å². The van der Waals surface area contributed by atoms with Gasteiger partial charge in [0.2, 0.25) is 0 Å². The SMILES string of the molecule is CC(=O)[O-].CC(=O)[O-].CC(=O)[O-].CC(=O)[O-].CC(=O)[O-].CC(=O)[O-].CC(=O)[O-].CC(=O)[O-].CC(=O)[O-].CC(=O)[O-].[Mg+2].[Zr+4].[Zr+4]. The van der Waals surface area contributed by atoms with Crippen molar-refractivity contribution in [2.75, 3.05) is 0 Å². The normalized spacial score (nSPS) is 5.81. The van der Waals surface area contributed by atoms with Crippen LogP contribution in [-0.4, -0.2) is 82.7 Å². The van der Waals surface area contributed by atoms with Crippen molar-refractivity contribution in [1.82, 2.24) is 0 Å². The smallest absolute Gasteiger partial charge is 0.550 e. The number of carboxylic acid groups (broad SMARTS) is 10. The molecule has 0 aromatic carbocycles. The first kappa shape index (κ1) is 83.5. The van der Waals surface area contributed by atoms with Gasteiger partial charge in [-0.15, -0.1) is 0 Å². The van der Waals surface area contributed by atoms with Gasteiger partial charge < -0.3 is 99.0 Å². The van der Waals surface area contributed by atoms with E-state index in [1.807, 2.05) is 0 Å². The van der Waals surface area contributed by atoms with Crippen LogP contribution in [-0.2, 0) is 100 Å². The fourth-order valence-electron chi connectivity index (χ4n) is 0. The Morgan fingerprint density at radius 1 is 0.233 bits per heavy atom. The monoisotopic (exact) mass is 794 g/mol. The van der Waals surface area contributed by atoms with Gasteiger partial charge in [-0.2, -0.15) is 0 Å². The molecule has 0 bridgehead atoms. The molecule has 0 heterocycles. The molecule has 0 saturated heterocycles. The summed E-state index contributed by atoms with van der Waals surface area (Å²) >= 11 is 0. The molecule has 0 unspecified atom stereocenters. The number of hydrogen-bond acceptors (Lipinski definition) is 20. The third kappa shape index (κ3) is 7100. The van der Waals surface area contributed by atoms with Crippen molar-refractivity contribution in [3.05, 3.63) is 0 Å². The average molecular weight is 797 g/mol. The number of hydrogen-bond donors (Lipinski definition) is 0. The maximum absolute atomic E-state index is 8.89. The van der Waals surface area contributed by atoms with Crippen LogP contribution in [0, 0.1) is 0 Å². The van der Waals surface area contributed by atoms with Crippen LogP contribution in [0.1, 0.15) is 69.2 Å². The summed E-state index contributed by atoms with van der Waals surface area (Å²) in [4.78, 5) is 88.9. The topological polar surface area (TPSA) is 401 Å². The van der Waals surface area contributed by atoms with E-state index in [0.717, 1.165) is 69.2 Å². The molecular weight excluding hydrogens is 767 g/mol. The van der Waals surface area contributed by atoms with Crippen LogP contribution in [0.15, 0.2) is 0 Å². The second kappa shape index (κ2) is 77.3. The Kier molecular flexibility index (Phi) is 150. The van der Waals surface area contributed by atoms with Crippen LogP contribution < -0.4 is 51.1 Å². The largest absolute Gasteiger partial charge is 4.00 e. The van der Waals surface area contributed by atoms with Gasteiger partial charge in [0, 0.05) is 59.7 Å². The molecule has 0 aromatic rings. The van der Waals surface area contributed by atoms with Gasteiger partial charge in [0.05, 0.1) is 0 Å². The standard InChI is InChI=1S/10C2H4O2.Mg.2Zr/c10*1-2(3)4;;;/h10*1H3,(H,3,4);;;/q;;;;;;;;;;+2;2*+4/p-10. The van der Waals surface area contributed by atoms with Crippen LogP contribution in [0.3, 0.4) is 0 Å². The Bertz CT molecular complexity index is 488. The van der Waals surface area contributed by atoms with E-state index in [-0.39, 0.29) is 75.5 Å². The summed E-state index contributed by atoms with van der Waals surface area (Å²) in [6.07, 6.45) is 0. The summed E-state index contributed by atoms with van der Waals surface area (Å²) in [6, 6.07) is 0. The van der Waals surface area contributed by atoms with Crippen molar-refractivity contribution in [3.8, 4) is 0 Å². The second-order valence-electron chi connectivity index (χ2n) is 4.92. The Hall–Kier alpha value is -2.77. The minimum atomic E-state index is -1.08. The third-order valence-electron chi connectivity index (χ3n) is 0. The van der Waals surface area contributed by atoms with E-state index in [1.54, 1.807) is 0 Å². The fourth-order valence-corrected chi connectivity index (χ4v) is 0. The number of rotatable bonds is 0. The van der Waals surface area contributed by atoms with Gasteiger partial charge in [-0.3, -0.25) is 0 Å². The molecule has 0 aliphatic carbocycles. The Morgan fingerprint density at radius 3 is 0.233 bits per heavy atom. The summed E-state index contributed by atoms with van der Waals surface area (Å²) in [5, 5.41) is 88.9. The molecule has 0 aromatic heterocycles. The molecule has 0 atom stereocenters. The Balaban J connectivity index is -0.0000000210. The molecule has 23 heteroatoms. The third-order valence-corrected chi connectivity index (χ3v) is 0. The van der Waals surface area contributed by atoms with Crippen molar-refractivity contribution in [2.45, 2.75) is 69.2 Å². The maximum atomic E-state index is 8.89. The molecule has 20 nitrogen and oxygen atoms in total. The summed E-state index contributed by atoms with van der Waals surface area (Å²) in [7, 11) is 0. The van der Waals surface area contributed by atoms with Gasteiger partial charge in [-0.25, -0.2) is 0 Å². The van der Waals surface area contributed by atoms with Gasteiger partial charge in [-0.05, 0) is 69.2 Å². The van der Waals surface area contributed by atoms with Gasteiger partial charge in [0.25, 0.3) is 0 Å². The Morgan fingerprint density at radius 2 is 0.233 bits per heavy atom. The minimum Gasteiger partial charge on any atom is -0.550 e. The number of carbonyl (C=O) groups is 10. The summed E-state index contributed by atoms with van der Waals surface area (Å²) < 4.78 is 0. The average Bonchev–Trinajstić information content (AvgIpc) is 2.47. The van der Waals surface area contributed by atoms with E-state index in [9.17, 15) is 0 Å². The van der Waals surface area contributed by atoms with Gasteiger partial charge in [0.15, 0.2) is 0 Å². The van der Waals surface area contributed by atoms with E-state index in [1.165, 1.54) is 0 Å². The van der Waals surface area contributed by atoms with Crippen LogP contribution in [0.25, 0.3) is 0 Å². The first-order valence-electron chi connectivity index (χ1n) is 9.08. The van der Waals surface area contributed by atoms with Crippen LogP contribution in [0.2, 0.25) is 0 Å². The van der Waals surface area contributed by atoms with Crippen LogP contribution in [0.4, 0.5) is 0 Å². The van der Waals surface area contributed by atoms with Crippen molar-refractivity contribution >= 4 is 82.7 Å². The van der Waals surface area contributed by atoms with Gasteiger partial charge in [-0.1, -0.05) is 0 Å². The van der Waals surface area contributed by atoms with Gasteiger partial charge >= 0.3 is 75.5 Å².